The van der Waals surface area contributed by atoms with Gasteiger partial charge in [-0.05, 0) is 54.2 Å². The first-order valence-corrected chi connectivity index (χ1v) is 12.8. The number of nitrogens with zero attached hydrogens (tertiary/aromatic N) is 2. The molecule has 2 heterocycles. The summed E-state index contributed by atoms with van der Waals surface area (Å²) in [6.07, 6.45) is 1.54. The molecular formula is C26H29N5O7S. The van der Waals surface area contributed by atoms with Gasteiger partial charge in [0.25, 0.3) is 11.8 Å². The molecule has 6 N–H and O–H groups in total. The zero-order chi connectivity index (χ0) is 28.1. The highest BCUT2D eigenvalue weighted by atomic mass is 32.1. The van der Waals surface area contributed by atoms with Crippen molar-refractivity contribution in [2.45, 2.75) is 25.0 Å². The van der Waals surface area contributed by atoms with Crippen LogP contribution in [-0.2, 0) is 9.53 Å². The Morgan fingerprint density at radius 1 is 1.21 bits per heavy atom. The molecule has 1 aliphatic heterocycles. The van der Waals surface area contributed by atoms with Crippen LogP contribution in [0.1, 0.15) is 44.6 Å². The molecule has 0 aliphatic carbocycles. The molecule has 1 fully saturated rings. The van der Waals surface area contributed by atoms with Gasteiger partial charge in [-0.3, -0.25) is 19.3 Å². The van der Waals surface area contributed by atoms with Crippen LogP contribution in [-0.4, -0.2) is 60.7 Å². The third-order valence-corrected chi connectivity index (χ3v) is 7.12. The molecule has 13 heteroatoms. The van der Waals surface area contributed by atoms with Gasteiger partial charge in [0.05, 0.1) is 31.7 Å². The minimum absolute atomic E-state index is 0.0185. The number of carbonyl (C=O) groups is 3. The lowest BCUT2D eigenvalue weighted by molar-refractivity contribution is -0.123. The summed E-state index contributed by atoms with van der Waals surface area (Å²) in [4.78, 5) is 41.0. The van der Waals surface area contributed by atoms with Gasteiger partial charge in [0, 0.05) is 19.2 Å². The minimum Gasteiger partial charge on any atom is -0.508 e. The van der Waals surface area contributed by atoms with Gasteiger partial charge in [0.1, 0.15) is 28.2 Å². The van der Waals surface area contributed by atoms with Gasteiger partial charge >= 0.3 is 0 Å². The number of primary amides is 1. The molecule has 1 saturated heterocycles. The van der Waals surface area contributed by atoms with Gasteiger partial charge in [0.2, 0.25) is 5.91 Å². The van der Waals surface area contributed by atoms with E-state index in [1.54, 1.807) is 18.2 Å². The third kappa shape index (κ3) is 5.89. The molecule has 12 nitrogen and oxygen atoms in total. The number of aromatic hydroxyl groups is 1. The first-order chi connectivity index (χ1) is 18.7. The van der Waals surface area contributed by atoms with E-state index >= 15 is 0 Å². The Morgan fingerprint density at radius 3 is 2.54 bits per heavy atom. The van der Waals surface area contributed by atoms with Crippen molar-refractivity contribution in [3.05, 3.63) is 58.6 Å². The normalized spacial score (nSPS) is 15.4. The number of aromatic nitrogens is 1. The molecule has 2 atom stereocenters. The topological polar surface area (TPSA) is 179 Å². The van der Waals surface area contributed by atoms with E-state index in [1.165, 1.54) is 43.4 Å². The summed E-state index contributed by atoms with van der Waals surface area (Å²) in [6, 6.07) is 9.40. The van der Waals surface area contributed by atoms with E-state index in [4.69, 9.17) is 25.7 Å². The largest absolute Gasteiger partial charge is 0.508 e. The number of hydrogen-bond acceptors (Lipinski definition) is 10. The number of phenols is 1. The quantitative estimate of drug-likeness (QED) is 0.292. The van der Waals surface area contributed by atoms with Crippen molar-refractivity contribution in [1.29, 1.82) is 0 Å². The van der Waals surface area contributed by atoms with Crippen LogP contribution in [0.2, 0.25) is 0 Å². The molecule has 0 saturated carbocycles. The average Bonchev–Trinajstić information content (AvgIpc) is 3.60. The van der Waals surface area contributed by atoms with Crippen molar-refractivity contribution in [3.63, 3.8) is 0 Å². The molecule has 39 heavy (non-hydrogen) atoms. The molecule has 1 aliphatic rings. The van der Waals surface area contributed by atoms with E-state index in [1.807, 2.05) is 0 Å². The number of anilines is 2. The minimum atomic E-state index is -1.25. The fraction of sp³-hybridized carbons (Fsp3) is 0.308. The number of nitrogens with two attached hydrogens (primary N) is 2. The third-order valence-electron chi connectivity index (χ3n) is 6.26. The van der Waals surface area contributed by atoms with Crippen LogP contribution in [0.4, 0.5) is 11.4 Å². The number of nitrogens with one attached hydrogen (secondary N) is 1. The van der Waals surface area contributed by atoms with Gasteiger partial charge in [-0.15, -0.1) is 0 Å². The molecular weight excluding hydrogens is 526 g/mol. The zero-order valence-corrected chi connectivity index (χ0v) is 22.2. The molecule has 206 valence electrons. The Hall–Kier alpha value is -4.36. The van der Waals surface area contributed by atoms with E-state index in [-0.39, 0.29) is 46.1 Å². The van der Waals surface area contributed by atoms with E-state index in [2.05, 4.69) is 9.69 Å². The fourth-order valence-electron chi connectivity index (χ4n) is 4.28. The van der Waals surface area contributed by atoms with Crippen LogP contribution in [0, 0.1) is 0 Å². The lowest BCUT2D eigenvalue weighted by Gasteiger charge is -2.32. The lowest BCUT2D eigenvalue weighted by Crippen LogP contribution is -2.45. The van der Waals surface area contributed by atoms with E-state index < -0.39 is 23.8 Å². The van der Waals surface area contributed by atoms with Crippen molar-refractivity contribution in [3.8, 4) is 17.2 Å². The van der Waals surface area contributed by atoms with Crippen LogP contribution in [0.25, 0.3) is 0 Å². The smallest absolute Gasteiger partial charge is 0.273 e. The van der Waals surface area contributed by atoms with Crippen LogP contribution < -0.4 is 31.2 Å². The Balaban J connectivity index is 1.87. The number of rotatable bonds is 10. The van der Waals surface area contributed by atoms with Crippen molar-refractivity contribution in [1.82, 2.24) is 9.69 Å². The number of hydrogen-bond donors (Lipinski definition) is 4. The monoisotopic (exact) mass is 555 g/mol. The molecule has 0 bridgehead atoms. The molecule has 0 spiro atoms. The van der Waals surface area contributed by atoms with Gasteiger partial charge in [0.15, 0.2) is 5.69 Å². The predicted molar refractivity (Wildman–Crippen MR) is 144 cm³/mol. The number of nitrogen functional groups attached to an aromatic ring is 1. The van der Waals surface area contributed by atoms with Crippen molar-refractivity contribution in [2.75, 3.05) is 38.0 Å². The highest BCUT2D eigenvalue weighted by Crippen LogP contribution is 2.40. The van der Waals surface area contributed by atoms with Crippen LogP contribution in [0.15, 0.2) is 42.5 Å². The Kier molecular flexibility index (Phi) is 8.52. The van der Waals surface area contributed by atoms with E-state index in [0.717, 1.165) is 12.8 Å². The Bertz CT molecular complexity index is 1360. The summed E-state index contributed by atoms with van der Waals surface area (Å²) in [5.74, 6) is -1.44. The molecule has 3 aromatic rings. The number of carbonyl (C=O) groups excluding carboxylic acids is 3. The Morgan fingerprint density at radius 2 is 1.95 bits per heavy atom. The van der Waals surface area contributed by atoms with Crippen LogP contribution >= 0.6 is 11.5 Å². The Labute approximate surface area is 228 Å². The number of ether oxygens (including phenoxy) is 3. The van der Waals surface area contributed by atoms with E-state index in [9.17, 15) is 19.5 Å². The zero-order valence-electron chi connectivity index (χ0n) is 21.4. The molecule has 0 unspecified atom stereocenters. The van der Waals surface area contributed by atoms with Crippen LogP contribution in [0.3, 0.4) is 0 Å². The standard InChI is InChI=1S/C26H29N5O7S/c1-36-16-9-10-18(19(12-16)37-2)31(26(35)23-20(27)21(24(28)33)30-39-23)22(14-5-7-15(32)8-6-14)25(34)29-13-17-4-3-11-38-17/h5-10,12,17,22,32H,3-4,11,13,27H2,1-2H3,(H2,28,33)(H,29,34)/t17-,22+/m0/s1. The summed E-state index contributed by atoms with van der Waals surface area (Å²) in [7, 11) is 2.90. The SMILES string of the molecule is COc1ccc(N(C(=O)c2snc(C(N)=O)c2N)[C@@H](C(=O)NC[C@@H]2CCCO2)c2ccc(O)cc2)c(OC)c1. The predicted octanol–water partition coefficient (Wildman–Crippen LogP) is 2.23. The second kappa shape index (κ2) is 12.0. The summed E-state index contributed by atoms with van der Waals surface area (Å²) >= 11 is 0.693. The summed E-state index contributed by atoms with van der Waals surface area (Å²) < 4.78 is 20.5. The number of benzene rings is 2. The summed E-state index contributed by atoms with van der Waals surface area (Å²) in [5, 5.41) is 12.8. The van der Waals surface area contributed by atoms with Gasteiger partial charge in [-0.2, -0.15) is 4.37 Å². The van der Waals surface area contributed by atoms with Crippen molar-refractivity contribution < 1.29 is 33.7 Å². The van der Waals surface area contributed by atoms with Gasteiger partial charge in [-0.1, -0.05) is 12.1 Å². The highest BCUT2D eigenvalue weighted by Gasteiger charge is 2.38. The molecule has 1 aromatic heterocycles. The summed E-state index contributed by atoms with van der Waals surface area (Å²) in [5.41, 5.74) is 11.7. The number of methoxy groups -OCH3 is 2. The highest BCUT2D eigenvalue weighted by molar-refractivity contribution is 7.09. The fourth-order valence-corrected chi connectivity index (χ4v) is 5.02. The number of phenolic OH excluding ortho intramolecular Hbond substituents is 1. The van der Waals surface area contributed by atoms with Crippen molar-refractivity contribution in [2.24, 2.45) is 5.73 Å². The second-order valence-electron chi connectivity index (χ2n) is 8.73. The van der Waals surface area contributed by atoms with Gasteiger partial charge in [-0.25, -0.2) is 0 Å². The number of amides is 3. The maximum absolute atomic E-state index is 14.2. The van der Waals surface area contributed by atoms with Crippen LogP contribution in [0.5, 0.6) is 17.2 Å². The molecule has 4 rings (SSSR count). The molecule has 3 amide bonds. The van der Waals surface area contributed by atoms with E-state index in [0.29, 0.717) is 29.5 Å². The average molecular weight is 556 g/mol. The van der Waals surface area contributed by atoms with Crippen molar-refractivity contribution >= 4 is 40.6 Å². The molecule has 2 aromatic carbocycles. The second-order valence-corrected chi connectivity index (χ2v) is 9.50. The maximum atomic E-state index is 14.2. The maximum Gasteiger partial charge on any atom is 0.273 e. The first kappa shape index (κ1) is 27.7. The summed E-state index contributed by atoms with van der Waals surface area (Å²) in [6.45, 7) is 0.853. The first-order valence-electron chi connectivity index (χ1n) is 12.0. The lowest BCUT2D eigenvalue weighted by atomic mass is 10.0. The molecule has 0 radical (unpaired) electrons. The van der Waals surface area contributed by atoms with Gasteiger partial charge < -0.3 is 36.1 Å².